The normalized spacial score (nSPS) is 10.7. The monoisotopic (exact) mass is 289 g/mol. The molecule has 0 amide bonds. The SMILES string of the molecule is O=[N+]([O-])c1ccc(Nc2nc3ccc(Cl)cc3o2)cc1. The number of nitrogens with one attached hydrogen (secondary N) is 1. The fourth-order valence-corrected chi connectivity index (χ4v) is 1.90. The van der Waals surface area contributed by atoms with Gasteiger partial charge in [0.05, 0.1) is 4.92 Å². The number of nitro groups is 1. The Morgan fingerprint density at radius 2 is 1.95 bits per heavy atom. The van der Waals surface area contributed by atoms with Crippen LogP contribution >= 0.6 is 11.6 Å². The molecule has 0 aliphatic carbocycles. The van der Waals surface area contributed by atoms with Gasteiger partial charge >= 0.3 is 0 Å². The van der Waals surface area contributed by atoms with Crippen LogP contribution in [-0.2, 0) is 0 Å². The van der Waals surface area contributed by atoms with E-state index in [2.05, 4.69) is 10.3 Å². The number of aromatic nitrogens is 1. The van der Waals surface area contributed by atoms with E-state index in [1.165, 1.54) is 12.1 Å². The molecular weight excluding hydrogens is 282 g/mol. The number of rotatable bonds is 3. The van der Waals surface area contributed by atoms with Crippen LogP contribution in [0.2, 0.25) is 5.02 Å². The van der Waals surface area contributed by atoms with Crippen LogP contribution in [-0.4, -0.2) is 9.91 Å². The fourth-order valence-electron chi connectivity index (χ4n) is 1.74. The first-order chi connectivity index (χ1) is 9.61. The Hall–Kier alpha value is -2.60. The Kier molecular flexibility index (Phi) is 3.00. The Morgan fingerprint density at radius 1 is 1.20 bits per heavy atom. The fraction of sp³-hybridized carbons (Fsp3) is 0. The molecule has 1 aromatic heterocycles. The molecule has 7 heteroatoms. The van der Waals surface area contributed by atoms with E-state index in [1.807, 2.05) is 0 Å². The summed E-state index contributed by atoms with van der Waals surface area (Å²) in [4.78, 5) is 14.3. The van der Waals surface area contributed by atoms with Gasteiger partial charge < -0.3 is 9.73 Å². The third kappa shape index (κ3) is 2.41. The van der Waals surface area contributed by atoms with E-state index in [0.717, 1.165) is 0 Å². The predicted molar refractivity (Wildman–Crippen MR) is 75.4 cm³/mol. The van der Waals surface area contributed by atoms with E-state index in [4.69, 9.17) is 16.0 Å². The van der Waals surface area contributed by atoms with E-state index in [0.29, 0.717) is 27.8 Å². The van der Waals surface area contributed by atoms with Gasteiger partial charge in [-0.2, -0.15) is 4.98 Å². The van der Waals surface area contributed by atoms with Crippen LogP contribution in [0.5, 0.6) is 0 Å². The van der Waals surface area contributed by atoms with Crippen molar-refractivity contribution in [3.8, 4) is 0 Å². The third-order valence-corrected chi connectivity index (χ3v) is 2.91. The number of fused-ring (bicyclic) bond motifs is 1. The highest BCUT2D eigenvalue weighted by atomic mass is 35.5. The lowest BCUT2D eigenvalue weighted by atomic mass is 10.3. The molecule has 1 N–H and O–H groups in total. The van der Waals surface area contributed by atoms with Crippen molar-refractivity contribution in [2.45, 2.75) is 0 Å². The molecule has 0 aliphatic heterocycles. The van der Waals surface area contributed by atoms with E-state index in [9.17, 15) is 10.1 Å². The Bertz CT molecular complexity index is 783. The number of halogens is 1. The molecule has 20 heavy (non-hydrogen) atoms. The van der Waals surface area contributed by atoms with Crippen molar-refractivity contribution in [1.29, 1.82) is 0 Å². The third-order valence-electron chi connectivity index (χ3n) is 2.68. The summed E-state index contributed by atoms with van der Waals surface area (Å²) in [7, 11) is 0. The van der Waals surface area contributed by atoms with E-state index >= 15 is 0 Å². The van der Waals surface area contributed by atoms with Gasteiger partial charge in [0.1, 0.15) is 5.52 Å². The number of oxazole rings is 1. The van der Waals surface area contributed by atoms with Crippen molar-refractivity contribution < 1.29 is 9.34 Å². The second-order valence-corrected chi connectivity index (χ2v) is 4.50. The highest BCUT2D eigenvalue weighted by Crippen LogP contribution is 2.25. The quantitative estimate of drug-likeness (QED) is 0.579. The molecule has 0 aliphatic rings. The second-order valence-electron chi connectivity index (χ2n) is 4.06. The molecule has 0 atom stereocenters. The molecule has 100 valence electrons. The standard InChI is InChI=1S/C13H8ClN3O3/c14-8-1-6-11-12(7-8)20-13(16-11)15-9-2-4-10(5-3-9)17(18)19/h1-7H,(H,15,16). The molecule has 0 saturated carbocycles. The molecule has 2 aromatic carbocycles. The summed E-state index contributed by atoms with van der Waals surface area (Å²) in [6.45, 7) is 0. The lowest BCUT2D eigenvalue weighted by Gasteiger charge is -2.00. The minimum absolute atomic E-state index is 0.0277. The van der Waals surface area contributed by atoms with Crippen LogP contribution in [0.15, 0.2) is 46.9 Å². The number of non-ortho nitro benzene ring substituents is 1. The number of hydrogen-bond donors (Lipinski definition) is 1. The molecular formula is C13H8ClN3O3. The average molecular weight is 290 g/mol. The highest BCUT2D eigenvalue weighted by Gasteiger charge is 2.08. The molecule has 6 nitrogen and oxygen atoms in total. The van der Waals surface area contributed by atoms with Gasteiger partial charge in [0.25, 0.3) is 11.7 Å². The number of nitro benzene ring substituents is 1. The summed E-state index contributed by atoms with van der Waals surface area (Å²) in [5.41, 5.74) is 1.92. The van der Waals surface area contributed by atoms with E-state index in [1.54, 1.807) is 30.3 Å². The maximum absolute atomic E-state index is 10.6. The van der Waals surface area contributed by atoms with Crippen molar-refractivity contribution in [1.82, 2.24) is 4.98 Å². The van der Waals surface area contributed by atoms with E-state index in [-0.39, 0.29) is 5.69 Å². The van der Waals surface area contributed by atoms with E-state index < -0.39 is 4.92 Å². The summed E-state index contributed by atoms with van der Waals surface area (Å²) in [6, 6.07) is 11.4. The molecule has 3 aromatic rings. The average Bonchev–Trinajstić information content (AvgIpc) is 2.80. The van der Waals surface area contributed by atoms with Crippen molar-refractivity contribution in [2.75, 3.05) is 5.32 Å². The lowest BCUT2D eigenvalue weighted by molar-refractivity contribution is -0.384. The lowest BCUT2D eigenvalue weighted by Crippen LogP contribution is -1.91. The molecule has 3 rings (SSSR count). The van der Waals surface area contributed by atoms with Gasteiger partial charge in [-0.25, -0.2) is 0 Å². The first kappa shape index (κ1) is 12.4. The van der Waals surface area contributed by atoms with Gasteiger partial charge in [0.15, 0.2) is 5.58 Å². The van der Waals surface area contributed by atoms with Crippen molar-refractivity contribution in [2.24, 2.45) is 0 Å². The maximum Gasteiger partial charge on any atom is 0.300 e. The molecule has 0 fully saturated rings. The number of nitrogens with zero attached hydrogens (tertiary/aromatic N) is 2. The molecule has 0 unspecified atom stereocenters. The zero-order valence-corrected chi connectivity index (χ0v) is 10.8. The number of benzene rings is 2. The van der Waals surface area contributed by atoms with Gasteiger partial charge in [-0.1, -0.05) is 11.6 Å². The topological polar surface area (TPSA) is 81.2 Å². The van der Waals surface area contributed by atoms with Gasteiger partial charge in [-0.15, -0.1) is 0 Å². The zero-order chi connectivity index (χ0) is 14.1. The summed E-state index contributed by atoms with van der Waals surface area (Å²) < 4.78 is 5.49. The second kappa shape index (κ2) is 4.82. The molecule has 0 radical (unpaired) electrons. The summed E-state index contributed by atoms with van der Waals surface area (Å²) in [5.74, 6) is 0. The van der Waals surface area contributed by atoms with Crippen LogP contribution in [0.3, 0.4) is 0 Å². The smallest absolute Gasteiger partial charge is 0.300 e. The van der Waals surface area contributed by atoms with Crippen molar-refractivity contribution in [3.05, 3.63) is 57.6 Å². The minimum Gasteiger partial charge on any atom is -0.423 e. The van der Waals surface area contributed by atoms with Crippen LogP contribution < -0.4 is 5.32 Å². The van der Waals surface area contributed by atoms with Crippen LogP contribution in [0, 0.1) is 10.1 Å². The summed E-state index contributed by atoms with van der Waals surface area (Å²) in [6.07, 6.45) is 0. The van der Waals surface area contributed by atoms with Gasteiger partial charge in [-0.05, 0) is 24.3 Å². The summed E-state index contributed by atoms with van der Waals surface area (Å²) >= 11 is 5.86. The van der Waals surface area contributed by atoms with Gasteiger partial charge in [0, 0.05) is 28.9 Å². The van der Waals surface area contributed by atoms with Crippen LogP contribution in [0.1, 0.15) is 0 Å². The molecule has 0 bridgehead atoms. The molecule has 1 heterocycles. The zero-order valence-electron chi connectivity index (χ0n) is 10.0. The Balaban J connectivity index is 1.87. The number of hydrogen-bond acceptors (Lipinski definition) is 5. The first-order valence-electron chi connectivity index (χ1n) is 5.69. The van der Waals surface area contributed by atoms with Crippen LogP contribution in [0.4, 0.5) is 17.4 Å². The Labute approximate surface area is 118 Å². The predicted octanol–water partition coefficient (Wildman–Crippen LogP) is 4.13. The first-order valence-corrected chi connectivity index (χ1v) is 6.07. The largest absolute Gasteiger partial charge is 0.423 e. The van der Waals surface area contributed by atoms with Crippen molar-refractivity contribution in [3.63, 3.8) is 0 Å². The molecule has 0 spiro atoms. The summed E-state index contributed by atoms with van der Waals surface area (Å²) in [5, 5.41) is 14.1. The van der Waals surface area contributed by atoms with Crippen molar-refractivity contribution >= 4 is 40.1 Å². The van der Waals surface area contributed by atoms with Gasteiger partial charge in [-0.3, -0.25) is 10.1 Å². The highest BCUT2D eigenvalue weighted by molar-refractivity contribution is 6.31. The minimum atomic E-state index is -0.453. The Morgan fingerprint density at radius 3 is 2.65 bits per heavy atom. The maximum atomic E-state index is 10.6. The van der Waals surface area contributed by atoms with Gasteiger partial charge in [0.2, 0.25) is 0 Å². The number of anilines is 2. The molecule has 0 saturated heterocycles. The van der Waals surface area contributed by atoms with Crippen LogP contribution in [0.25, 0.3) is 11.1 Å².